The monoisotopic (exact) mass is 488 g/mol. The Labute approximate surface area is 176 Å². The van der Waals surface area contributed by atoms with E-state index in [2.05, 4.69) is 34.5 Å². The Morgan fingerprint density at radius 2 is 2.00 bits per heavy atom. The molecule has 142 valence electrons. The first-order valence-electron chi connectivity index (χ1n) is 8.15. The number of ether oxygens (including phenoxy) is 2. The van der Waals surface area contributed by atoms with Crippen molar-refractivity contribution in [1.29, 1.82) is 5.26 Å². The number of nitriles is 1. The van der Waals surface area contributed by atoms with Crippen molar-refractivity contribution in [2.24, 2.45) is 0 Å². The molecule has 0 bridgehead atoms. The molecule has 28 heavy (non-hydrogen) atoms. The first kappa shape index (κ1) is 21.2. The highest BCUT2D eigenvalue weighted by molar-refractivity contribution is 14.1. The van der Waals surface area contributed by atoms with Crippen LogP contribution in [0.5, 0.6) is 11.5 Å². The van der Waals surface area contributed by atoms with Gasteiger partial charge in [0, 0.05) is 10.1 Å². The quantitative estimate of drug-likeness (QED) is 0.160. The number of rotatable bonds is 7. The zero-order valence-electron chi connectivity index (χ0n) is 15.1. The van der Waals surface area contributed by atoms with Crippen LogP contribution in [0.1, 0.15) is 15.9 Å². The van der Waals surface area contributed by atoms with E-state index in [0.29, 0.717) is 16.9 Å². The summed E-state index contributed by atoms with van der Waals surface area (Å²) in [5, 5.41) is 11.7. The fourth-order valence-corrected chi connectivity index (χ4v) is 2.82. The van der Waals surface area contributed by atoms with Gasteiger partial charge in [0.15, 0.2) is 11.5 Å². The molecule has 0 spiro atoms. The van der Waals surface area contributed by atoms with Crippen LogP contribution in [-0.4, -0.2) is 25.5 Å². The van der Waals surface area contributed by atoms with Gasteiger partial charge in [-0.1, -0.05) is 24.3 Å². The summed E-state index contributed by atoms with van der Waals surface area (Å²) >= 11 is 2.06. The Balaban J connectivity index is 2.26. The molecule has 0 radical (unpaired) electrons. The van der Waals surface area contributed by atoms with Crippen LogP contribution in [0.4, 0.5) is 0 Å². The summed E-state index contributed by atoms with van der Waals surface area (Å²) in [5.41, 5.74) is 0.934. The predicted octanol–water partition coefficient (Wildman–Crippen LogP) is 3.73. The van der Waals surface area contributed by atoms with Gasteiger partial charge in [0.25, 0.3) is 5.91 Å². The van der Waals surface area contributed by atoms with Crippen LogP contribution >= 0.6 is 22.6 Å². The molecule has 0 fully saturated rings. The number of halogens is 1. The van der Waals surface area contributed by atoms with Crippen molar-refractivity contribution in [2.75, 3.05) is 13.7 Å². The Bertz CT molecular complexity index is 977. The normalized spacial score (nSPS) is 10.5. The second-order valence-electron chi connectivity index (χ2n) is 5.45. The van der Waals surface area contributed by atoms with Crippen molar-refractivity contribution in [1.82, 2.24) is 5.32 Å². The summed E-state index contributed by atoms with van der Waals surface area (Å²) in [4.78, 5) is 24.3. The number of nitrogens with one attached hydrogen (secondary N) is 1. The van der Waals surface area contributed by atoms with E-state index < -0.39 is 11.9 Å². The maximum absolute atomic E-state index is 12.4. The third kappa shape index (κ3) is 5.44. The average Bonchev–Trinajstić information content (AvgIpc) is 2.71. The van der Waals surface area contributed by atoms with E-state index in [-0.39, 0.29) is 17.9 Å². The summed E-state index contributed by atoms with van der Waals surface area (Å²) in [6.45, 7) is 3.77. The van der Waals surface area contributed by atoms with Crippen LogP contribution in [0.15, 0.2) is 60.7 Å². The summed E-state index contributed by atoms with van der Waals surface area (Å²) in [7, 11) is 1.44. The van der Waals surface area contributed by atoms with E-state index in [1.54, 1.807) is 30.3 Å². The predicted molar refractivity (Wildman–Crippen MR) is 114 cm³/mol. The van der Waals surface area contributed by atoms with E-state index in [0.717, 1.165) is 3.57 Å². The largest absolute Gasteiger partial charge is 0.493 e. The van der Waals surface area contributed by atoms with Gasteiger partial charge in [0.05, 0.1) is 12.7 Å². The molecule has 0 heterocycles. The van der Waals surface area contributed by atoms with Crippen LogP contribution in [0.2, 0.25) is 0 Å². The highest BCUT2D eigenvalue weighted by Crippen LogP contribution is 2.30. The lowest BCUT2D eigenvalue weighted by atomic mass is 10.1. The molecule has 0 aromatic heterocycles. The SMILES string of the molecule is C=CCNC(=O)C(C#N)=Cc1ccc(OC(=O)c2ccccc2I)c(OC)c1. The third-order valence-electron chi connectivity index (χ3n) is 3.57. The molecule has 0 unspecified atom stereocenters. The second-order valence-corrected chi connectivity index (χ2v) is 6.61. The number of methoxy groups -OCH3 is 1. The van der Waals surface area contributed by atoms with Gasteiger partial charge in [0.1, 0.15) is 11.6 Å². The number of hydrogen-bond donors (Lipinski definition) is 1. The zero-order chi connectivity index (χ0) is 20.5. The molecule has 0 atom stereocenters. The lowest BCUT2D eigenvalue weighted by Crippen LogP contribution is -2.24. The fraction of sp³-hybridized carbons (Fsp3) is 0.0952. The highest BCUT2D eigenvalue weighted by Gasteiger charge is 2.15. The minimum atomic E-state index is -0.506. The molecule has 0 aliphatic rings. The van der Waals surface area contributed by atoms with Crippen LogP contribution < -0.4 is 14.8 Å². The van der Waals surface area contributed by atoms with E-state index in [1.165, 1.54) is 19.3 Å². The molecule has 0 saturated carbocycles. The van der Waals surface area contributed by atoms with Crippen LogP contribution in [0.25, 0.3) is 6.08 Å². The van der Waals surface area contributed by atoms with Gasteiger partial charge in [-0.2, -0.15) is 5.26 Å². The molecule has 1 N–H and O–H groups in total. The maximum atomic E-state index is 12.4. The molecule has 0 aliphatic heterocycles. The second kappa shape index (κ2) is 10.3. The van der Waals surface area contributed by atoms with Crippen LogP contribution in [-0.2, 0) is 4.79 Å². The zero-order valence-corrected chi connectivity index (χ0v) is 17.2. The summed E-state index contributed by atoms with van der Waals surface area (Å²) in [5.74, 6) is -0.473. The van der Waals surface area contributed by atoms with E-state index in [1.807, 2.05) is 18.2 Å². The molecular formula is C21H17IN2O4. The molecule has 7 heteroatoms. The number of hydrogen-bond acceptors (Lipinski definition) is 5. The number of nitrogens with zero attached hydrogens (tertiary/aromatic N) is 1. The fourth-order valence-electron chi connectivity index (χ4n) is 2.22. The first-order valence-corrected chi connectivity index (χ1v) is 9.23. The molecule has 0 aliphatic carbocycles. The Morgan fingerprint density at radius 1 is 1.25 bits per heavy atom. The van der Waals surface area contributed by atoms with Gasteiger partial charge in [0.2, 0.25) is 0 Å². The maximum Gasteiger partial charge on any atom is 0.344 e. The molecule has 2 rings (SSSR count). The number of carbonyl (C=O) groups is 2. The number of amides is 1. The van der Waals surface area contributed by atoms with Gasteiger partial charge in [-0.15, -0.1) is 6.58 Å². The van der Waals surface area contributed by atoms with E-state index in [4.69, 9.17) is 9.47 Å². The average molecular weight is 488 g/mol. The van der Waals surface area contributed by atoms with Crippen molar-refractivity contribution in [3.8, 4) is 17.6 Å². The molecule has 1 amide bonds. The van der Waals surface area contributed by atoms with E-state index in [9.17, 15) is 14.9 Å². The van der Waals surface area contributed by atoms with Gasteiger partial charge in [-0.25, -0.2) is 4.79 Å². The standard InChI is InChI=1S/C21H17IN2O4/c1-3-10-24-20(25)15(13-23)11-14-8-9-18(19(12-14)27-2)28-21(26)16-6-4-5-7-17(16)22/h3-9,11-12H,1,10H2,2H3,(H,24,25). The highest BCUT2D eigenvalue weighted by atomic mass is 127. The Hall–Kier alpha value is -3.12. The molecular weight excluding hydrogens is 471 g/mol. The minimum Gasteiger partial charge on any atom is -0.493 e. The van der Waals surface area contributed by atoms with Crippen molar-refractivity contribution in [3.63, 3.8) is 0 Å². The Kier molecular flexibility index (Phi) is 7.77. The summed E-state index contributed by atoms with van der Waals surface area (Å²) in [6, 6.07) is 13.7. The lowest BCUT2D eigenvalue weighted by Gasteiger charge is -2.11. The van der Waals surface area contributed by atoms with Crippen molar-refractivity contribution in [2.45, 2.75) is 0 Å². The van der Waals surface area contributed by atoms with Gasteiger partial charge >= 0.3 is 5.97 Å². The summed E-state index contributed by atoms with van der Waals surface area (Å²) in [6.07, 6.45) is 2.94. The van der Waals surface area contributed by atoms with Crippen molar-refractivity contribution >= 4 is 40.5 Å². The Morgan fingerprint density at radius 3 is 2.64 bits per heavy atom. The van der Waals surface area contributed by atoms with E-state index >= 15 is 0 Å². The first-order chi connectivity index (χ1) is 13.5. The van der Waals surface area contributed by atoms with Crippen LogP contribution in [0, 0.1) is 14.9 Å². The number of benzene rings is 2. The number of esters is 1. The van der Waals surface area contributed by atoms with Gasteiger partial charge in [-0.05, 0) is 58.5 Å². The smallest absolute Gasteiger partial charge is 0.344 e. The minimum absolute atomic E-state index is 0.0625. The van der Waals surface area contributed by atoms with Crippen LogP contribution in [0.3, 0.4) is 0 Å². The molecule has 2 aromatic rings. The lowest BCUT2D eigenvalue weighted by molar-refractivity contribution is -0.116. The van der Waals surface area contributed by atoms with Gasteiger partial charge in [-0.3, -0.25) is 4.79 Å². The van der Waals surface area contributed by atoms with Crippen molar-refractivity contribution in [3.05, 3.63) is 75.4 Å². The van der Waals surface area contributed by atoms with Crippen molar-refractivity contribution < 1.29 is 19.1 Å². The molecule has 6 nitrogen and oxygen atoms in total. The summed E-state index contributed by atoms with van der Waals surface area (Å²) < 4.78 is 11.5. The third-order valence-corrected chi connectivity index (χ3v) is 4.51. The number of carbonyl (C=O) groups excluding carboxylic acids is 2. The molecule has 2 aromatic carbocycles. The van der Waals surface area contributed by atoms with Gasteiger partial charge < -0.3 is 14.8 Å². The molecule has 0 saturated heterocycles. The topological polar surface area (TPSA) is 88.4 Å².